The van der Waals surface area contributed by atoms with E-state index in [1.165, 1.54) is 0 Å². The Morgan fingerprint density at radius 3 is 2.21 bits per heavy atom. The molecule has 3 aromatic heterocycles. The molecule has 0 amide bonds. The molecule has 8 nitrogen and oxygen atoms in total. The molecule has 0 aromatic carbocycles. The number of hydrogen-bond acceptors (Lipinski definition) is 7. The second kappa shape index (κ2) is 7.12. The van der Waals surface area contributed by atoms with Crippen molar-refractivity contribution in [2.45, 2.75) is 25.9 Å². The molecule has 1 aliphatic heterocycles. The number of alkyl halides is 3. The summed E-state index contributed by atoms with van der Waals surface area (Å²) in [6.07, 6.45) is -1.10. The highest BCUT2D eigenvalue weighted by Gasteiger charge is 2.35. The van der Waals surface area contributed by atoms with Crippen LogP contribution in [0.25, 0.3) is 11.2 Å². The predicted molar refractivity (Wildman–Crippen MR) is 102 cm³/mol. The minimum absolute atomic E-state index is 0.115. The largest absolute Gasteiger partial charge is 0.433 e. The van der Waals surface area contributed by atoms with Crippen molar-refractivity contribution >= 4 is 23.1 Å². The molecule has 3 aromatic rings. The van der Waals surface area contributed by atoms with E-state index in [0.29, 0.717) is 43.5 Å². The lowest BCUT2D eigenvalue weighted by Gasteiger charge is -2.35. The fourth-order valence-electron chi connectivity index (χ4n) is 3.20. The summed E-state index contributed by atoms with van der Waals surface area (Å²) in [5, 5.41) is 0. The maximum atomic E-state index is 13.3. The topological polar surface area (TPSA) is 75.9 Å². The first-order valence-electron chi connectivity index (χ1n) is 9.32. The lowest BCUT2D eigenvalue weighted by atomic mass is 10.1. The molecular formula is C18H21F3N8. The summed E-state index contributed by atoms with van der Waals surface area (Å²) in [4.78, 5) is 25.0. The molecule has 154 valence electrons. The summed E-state index contributed by atoms with van der Waals surface area (Å²) in [6.45, 7) is 5.68. The number of piperazine rings is 1. The fourth-order valence-corrected chi connectivity index (χ4v) is 3.20. The van der Waals surface area contributed by atoms with Crippen LogP contribution in [0.15, 0.2) is 18.6 Å². The van der Waals surface area contributed by atoms with Crippen molar-refractivity contribution in [3.63, 3.8) is 0 Å². The molecule has 0 radical (unpaired) electrons. The molecule has 29 heavy (non-hydrogen) atoms. The van der Waals surface area contributed by atoms with Gasteiger partial charge in [-0.15, -0.1) is 0 Å². The van der Waals surface area contributed by atoms with E-state index in [4.69, 9.17) is 0 Å². The van der Waals surface area contributed by atoms with Gasteiger partial charge in [0.05, 0.1) is 12.5 Å². The summed E-state index contributed by atoms with van der Waals surface area (Å²) < 4.78 is 41.6. The molecule has 1 saturated heterocycles. The zero-order valence-electron chi connectivity index (χ0n) is 16.3. The van der Waals surface area contributed by atoms with Crippen molar-refractivity contribution in [1.82, 2.24) is 29.5 Å². The highest BCUT2D eigenvalue weighted by atomic mass is 19.4. The molecule has 4 rings (SSSR count). The second-order valence-electron chi connectivity index (χ2n) is 7.34. The average Bonchev–Trinajstić information content (AvgIpc) is 3.07. The third kappa shape index (κ3) is 3.81. The Morgan fingerprint density at radius 1 is 0.931 bits per heavy atom. The average molecular weight is 406 g/mol. The monoisotopic (exact) mass is 406 g/mol. The van der Waals surface area contributed by atoms with Gasteiger partial charge in [0.1, 0.15) is 11.2 Å². The maximum absolute atomic E-state index is 13.3. The van der Waals surface area contributed by atoms with E-state index in [1.807, 2.05) is 30.4 Å². The van der Waals surface area contributed by atoms with Crippen LogP contribution in [0.3, 0.4) is 0 Å². The van der Waals surface area contributed by atoms with Crippen LogP contribution in [0.5, 0.6) is 0 Å². The molecular weight excluding hydrogens is 385 g/mol. The first-order chi connectivity index (χ1) is 13.7. The van der Waals surface area contributed by atoms with Crippen molar-refractivity contribution in [3.8, 4) is 0 Å². The molecule has 0 N–H and O–H groups in total. The Labute approximate surface area is 165 Å². The van der Waals surface area contributed by atoms with Gasteiger partial charge in [-0.1, -0.05) is 13.8 Å². The lowest BCUT2D eigenvalue weighted by Crippen LogP contribution is -2.48. The Kier molecular flexibility index (Phi) is 4.75. The van der Waals surface area contributed by atoms with Gasteiger partial charge in [-0.25, -0.2) is 19.9 Å². The Balaban J connectivity index is 1.53. The molecule has 0 bridgehead atoms. The van der Waals surface area contributed by atoms with Gasteiger partial charge in [-0.2, -0.15) is 18.2 Å². The zero-order valence-corrected chi connectivity index (χ0v) is 16.3. The van der Waals surface area contributed by atoms with E-state index in [2.05, 4.69) is 24.9 Å². The highest BCUT2D eigenvalue weighted by molar-refractivity contribution is 5.71. The summed E-state index contributed by atoms with van der Waals surface area (Å²) in [6, 6.07) is 1.03. The number of fused-ring (bicyclic) bond motifs is 1. The Hall–Kier alpha value is -2.98. The van der Waals surface area contributed by atoms with Crippen LogP contribution in [0.2, 0.25) is 0 Å². The van der Waals surface area contributed by atoms with Gasteiger partial charge in [-0.3, -0.25) is 0 Å². The van der Waals surface area contributed by atoms with Gasteiger partial charge in [0, 0.05) is 38.9 Å². The number of aromatic nitrogens is 6. The van der Waals surface area contributed by atoms with Crippen molar-refractivity contribution in [2.75, 3.05) is 36.0 Å². The molecule has 11 heteroatoms. The molecule has 0 atom stereocenters. The lowest BCUT2D eigenvalue weighted by molar-refractivity contribution is -0.141. The van der Waals surface area contributed by atoms with Crippen LogP contribution < -0.4 is 9.80 Å². The van der Waals surface area contributed by atoms with Gasteiger partial charge in [0.15, 0.2) is 5.65 Å². The fraction of sp³-hybridized carbons (Fsp3) is 0.500. The minimum Gasteiger partial charge on any atom is -0.337 e. The third-order valence-corrected chi connectivity index (χ3v) is 4.93. The zero-order chi connectivity index (χ0) is 20.8. The summed E-state index contributed by atoms with van der Waals surface area (Å²) in [5.74, 6) is 0.547. The Bertz CT molecular complexity index is 1020. The predicted octanol–water partition coefficient (Wildman–Crippen LogP) is 2.62. The minimum atomic E-state index is -4.50. The quantitative estimate of drug-likeness (QED) is 0.662. The van der Waals surface area contributed by atoms with E-state index in [9.17, 15) is 13.2 Å². The van der Waals surface area contributed by atoms with Crippen LogP contribution in [-0.2, 0) is 13.2 Å². The summed E-state index contributed by atoms with van der Waals surface area (Å²) in [7, 11) is 1.87. The van der Waals surface area contributed by atoms with E-state index in [1.54, 1.807) is 17.4 Å². The van der Waals surface area contributed by atoms with Crippen LogP contribution >= 0.6 is 0 Å². The van der Waals surface area contributed by atoms with Crippen LogP contribution in [0, 0.1) is 0 Å². The summed E-state index contributed by atoms with van der Waals surface area (Å²) >= 11 is 0. The van der Waals surface area contributed by atoms with Crippen molar-refractivity contribution in [3.05, 3.63) is 30.0 Å². The molecule has 0 unspecified atom stereocenters. The maximum Gasteiger partial charge on any atom is 0.433 e. The van der Waals surface area contributed by atoms with Crippen LogP contribution in [0.1, 0.15) is 31.2 Å². The van der Waals surface area contributed by atoms with Gasteiger partial charge in [0.25, 0.3) is 0 Å². The molecule has 1 aliphatic rings. The van der Waals surface area contributed by atoms with Crippen molar-refractivity contribution in [2.24, 2.45) is 7.05 Å². The third-order valence-electron chi connectivity index (χ3n) is 4.93. The number of hydrogen-bond donors (Lipinski definition) is 0. The van der Waals surface area contributed by atoms with E-state index in [-0.39, 0.29) is 11.9 Å². The first kappa shape index (κ1) is 19.3. The van der Waals surface area contributed by atoms with Crippen molar-refractivity contribution < 1.29 is 13.2 Å². The van der Waals surface area contributed by atoms with Gasteiger partial charge >= 0.3 is 6.18 Å². The van der Waals surface area contributed by atoms with Gasteiger partial charge < -0.3 is 14.4 Å². The number of imidazole rings is 1. The van der Waals surface area contributed by atoms with Crippen molar-refractivity contribution in [1.29, 1.82) is 0 Å². The van der Waals surface area contributed by atoms with E-state index < -0.39 is 11.9 Å². The van der Waals surface area contributed by atoms with Gasteiger partial charge in [-0.05, 0) is 12.0 Å². The smallest absolute Gasteiger partial charge is 0.337 e. The van der Waals surface area contributed by atoms with E-state index in [0.717, 1.165) is 11.6 Å². The number of halogens is 3. The van der Waals surface area contributed by atoms with Gasteiger partial charge in [0.2, 0.25) is 11.9 Å². The number of nitrogens with zero attached hydrogens (tertiary/aromatic N) is 8. The van der Waals surface area contributed by atoms with E-state index >= 15 is 0 Å². The number of aryl methyl sites for hydroxylation is 1. The standard InChI is InChI=1S/C18H21F3N8/c1-11(2)12-8-14(18(19,20)21)25-17(24-12)29-6-4-28(5-7-29)16-22-9-13-15(26-16)23-10-27(13)3/h8-11H,4-7H2,1-3H3. The Morgan fingerprint density at radius 2 is 1.59 bits per heavy atom. The molecule has 1 fully saturated rings. The first-order valence-corrected chi connectivity index (χ1v) is 9.32. The van der Waals surface area contributed by atoms with Crippen LogP contribution in [0.4, 0.5) is 25.1 Å². The molecule has 0 saturated carbocycles. The molecule has 4 heterocycles. The SMILES string of the molecule is CC(C)c1cc(C(F)(F)F)nc(N2CCN(c3ncc4c(ncn4C)n3)CC2)n1. The molecule has 0 aliphatic carbocycles. The number of rotatable bonds is 3. The highest BCUT2D eigenvalue weighted by Crippen LogP contribution is 2.31. The summed E-state index contributed by atoms with van der Waals surface area (Å²) in [5.41, 5.74) is 0.931. The second-order valence-corrected chi connectivity index (χ2v) is 7.34. The molecule has 0 spiro atoms. The number of anilines is 2. The normalized spacial score (nSPS) is 15.6. The van der Waals surface area contributed by atoms with Crippen LogP contribution in [-0.4, -0.2) is 55.7 Å².